The van der Waals surface area contributed by atoms with E-state index in [-0.39, 0.29) is 17.5 Å². The molecule has 0 spiro atoms. The molecule has 0 heterocycles. The molecule has 1 rings (SSSR count). The molecule has 7 heteroatoms. The molecule has 0 atom stereocenters. The van der Waals surface area contributed by atoms with Crippen molar-refractivity contribution in [3.8, 4) is 6.07 Å². The highest BCUT2D eigenvalue weighted by atomic mass is 16.5. The van der Waals surface area contributed by atoms with Crippen molar-refractivity contribution in [2.24, 2.45) is 0 Å². The number of ether oxygens (including phenoxy) is 1. The zero-order valence-electron chi connectivity index (χ0n) is 12.3. The first kappa shape index (κ1) is 16.8. The van der Waals surface area contributed by atoms with Crippen molar-refractivity contribution in [3.05, 3.63) is 11.8 Å². The number of hydrogen-bond donors (Lipinski definition) is 3. The topological polar surface area (TPSA) is 103 Å². The summed E-state index contributed by atoms with van der Waals surface area (Å²) in [6, 6.07) is 2.05. The van der Waals surface area contributed by atoms with Gasteiger partial charge in [0.15, 0.2) is 0 Å². The molecule has 0 bridgehead atoms. The maximum atomic E-state index is 11.9. The van der Waals surface area contributed by atoms with Gasteiger partial charge in [-0.1, -0.05) is 12.8 Å². The molecular weight excluding hydrogens is 272 g/mol. The van der Waals surface area contributed by atoms with E-state index in [1.807, 2.05) is 6.07 Å². The SMILES string of the molecule is CCOC(=O)NCCN/C=C(/C#N)C(=O)NC1CCCC1. The molecule has 1 aliphatic carbocycles. The van der Waals surface area contributed by atoms with E-state index in [0.717, 1.165) is 25.7 Å². The molecule has 1 saturated carbocycles. The molecule has 7 nitrogen and oxygen atoms in total. The van der Waals surface area contributed by atoms with Crippen LogP contribution in [0, 0.1) is 11.3 Å². The van der Waals surface area contributed by atoms with Crippen LogP contribution in [0.15, 0.2) is 11.8 Å². The molecule has 0 saturated heterocycles. The van der Waals surface area contributed by atoms with Crippen molar-refractivity contribution < 1.29 is 14.3 Å². The minimum atomic E-state index is -0.484. The van der Waals surface area contributed by atoms with E-state index in [2.05, 4.69) is 16.0 Å². The largest absolute Gasteiger partial charge is 0.450 e. The van der Waals surface area contributed by atoms with Crippen LogP contribution in [0.1, 0.15) is 32.6 Å². The summed E-state index contributed by atoms with van der Waals surface area (Å²) in [5, 5.41) is 17.2. The maximum Gasteiger partial charge on any atom is 0.407 e. The van der Waals surface area contributed by atoms with Gasteiger partial charge < -0.3 is 20.7 Å². The number of amides is 2. The lowest BCUT2D eigenvalue weighted by Crippen LogP contribution is -2.34. The van der Waals surface area contributed by atoms with Gasteiger partial charge in [-0.25, -0.2) is 4.79 Å². The maximum absolute atomic E-state index is 11.9. The molecule has 21 heavy (non-hydrogen) atoms. The second-order valence-corrected chi connectivity index (χ2v) is 4.73. The van der Waals surface area contributed by atoms with Crippen LogP contribution in [0.4, 0.5) is 4.79 Å². The van der Waals surface area contributed by atoms with Crippen LogP contribution in [0.2, 0.25) is 0 Å². The van der Waals surface area contributed by atoms with E-state index >= 15 is 0 Å². The minimum Gasteiger partial charge on any atom is -0.450 e. The number of carbonyl (C=O) groups excluding carboxylic acids is 2. The summed E-state index contributed by atoms with van der Waals surface area (Å²) in [6.45, 7) is 2.79. The first-order valence-corrected chi connectivity index (χ1v) is 7.22. The van der Waals surface area contributed by atoms with E-state index in [1.54, 1.807) is 6.92 Å². The fourth-order valence-electron chi connectivity index (χ4n) is 2.07. The van der Waals surface area contributed by atoms with Gasteiger partial charge in [0.25, 0.3) is 5.91 Å². The van der Waals surface area contributed by atoms with Crippen molar-refractivity contribution in [2.45, 2.75) is 38.6 Å². The van der Waals surface area contributed by atoms with Gasteiger partial charge in [-0.15, -0.1) is 0 Å². The predicted octanol–water partition coefficient (Wildman–Crippen LogP) is 0.788. The molecule has 1 aliphatic rings. The third-order valence-electron chi connectivity index (χ3n) is 3.12. The average Bonchev–Trinajstić information content (AvgIpc) is 2.95. The molecule has 0 aromatic carbocycles. The van der Waals surface area contributed by atoms with E-state index in [9.17, 15) is 9.59 Å². The summed E-state index contributed by atoms with van der Waals surface area (Å²) in [5.74, 6) is -0.352. The van der Waals surface area contributed by atoms with Gasteiger partial charge in [-0.2, -0.15) is 5.26 Å². The number of nitrogens with one attached hydrogen (secondary N) is 3. The van der Waals surface area contributed by atoms with Crippen LogP contribution in [0.25, 0.3) is 0 Å². The zero-order valence-corrected chi connectivity index (χ0v) is 12.3. The van der Waals surface area contributed by atoms with Crippen LogP contribution in [-0.2, 0) is 9.53 Å². The monoisotopic (exact) mass is 294 g/mol. The van der Waals surface area contributed by atoms with Gasteiger partial charge in [-0.3, -0.25) is 4.79 Å². The summed E-state index contributed by atoms with van der Waals surface area (Å²) in [5.41, 5.74) is 0.0398. The Morgan fingerprint density at radius 3 is 2.67 bits per heavy atom. The van der Waals surface area contributed by atoms with Gasteiger partial charge >= 0.3 is 6.09 Å². The van der Waals surface area contributed by atoms with Crippen LogP contribution in [0.5, 0.6) is 0 Å². The third kappa shape index (κ3) is 6.65. The predicted molar refractivity (Wildman–Crippen MR) is 77.1 cm³/mol. The minimum absolute atomic E-state index is 0.0398. The van der Waals surface area contributed by atoms with Crippen LogP contribution in [0.3, 0.4) is 0 Å². The second-order valence-electron chi connectivity index (χ2n) is 4.73. The normalized spacial score (nSPS) is 15.1. The number of alkyl carbamates (subject to hydrolysis) is 1. The Balaban J connectivity index is 2.26. The fraction of sp³-hybridized carbons (Fsp3) is 0.643. The lowest BCUT2D eigenvalue weighted by atomic mass is 10.2. The first-order valence-electron chi connectivity index (χ1n) is 7.22. The van der Waals surface area contributed by atoms with Crippen LogP contribution >= 0.6 is 0 Å². The summed E-state index contributed by atoms with van der Waals surface area (Å²) in [7, 11) is 0. The van der Waals surface area contributed by atoms with Gasteiger partial charge in [-0.05, 0) is 19.8 Å². The lowest BCUT2D eigenvalue weighted by Gasteiger charge is -2.11. The van der Waals surface area contributed by atoms with E-state index in [0.29, 0.717) is 19.7 Å². The summed E-state index contributed by atoms with van der Waals surface area (Å²) in [4.78, 5) is 22.9. The van der Waals surface area contributed by atoms with Gasteiger partial charge in [0.1, 0.15) is 11.6 Å². The highest BCUT2D eigenvalue weighted by molar-refractivity contribution is 5.97. The summed E-state index contributed by atoms with van der Waals surface area (Å²) < 4.78 is 4.69. The molecule has 3 N–H and O–H groups in total. The van der Waals surface area contributed by atoms with E-state index in [1.165, 1.54) is 6.20 Å². The average molecular weight is 294 g/mol. The smallest absolute Gasteiger partial charge is 0.407 e. The van der Waals surface area contributed by atoms with Crippen molar-refractivity contribution in [1.82, 2.24) is 16.0 Å². The Hall–Kier alpha value is -2.23. The van der Waals surface area contributed by atoms with E-state index in [4.69, 9.17) is 10.00 Å². The lowest BCUT2D eigenvalue weighted by molar-refractivity contribution is -0.117. The molecule has 116 valence electrons. The van der Waals surface area contributed by atoms with Gasteiger partial charge in [0.05, 0.1) is 6.61 Å². The van der Waals surface area contributed by atoms with Crippen LogP contribution < -0.4 is 16.0 Å². The quantitative estimate of drug-likeness (QED) is 0.366. The zero-order chi connectivity index (χ0) is 15.5. The molecular formula is C14H22N4O3. The molecule has 0 aliphatic heterocycles. The number of nitrogens with zero attached hydrogens (tertiary/aromatic N) is 1. The van der Waals surface area contributed by atoms with Crippen molar-refractivity contribution in [1.29, 1.82) is 5.26 Å². The molecule has 0 radical (unpaired) electrons. The molecule has 2 amide bonds. The Morgan fingerprint density at radius 2 is 2.05 bits per heavy atom. The molecule has 1 fully saturated rings. The Bertz CT molecular complexity index is 422. The first-order chi connectivity index (χ1) is 10.2. The second kappa shape index (κ2) is 9.64. The van der Waals surface area contributed by atoms with Crippen molar-refractivity contribution in [3.63, 3.8) is 0 Å². The Morgan fingerprint density at radius 1 is 1.33 bits per heavy atom. The van der Waals surface area contributed by atoms with E-state index < -0.39 is 6.09 Å². The molecule has 0 unspecified atom stereocenters. The van der Waals surface area contributed by atoms with Gasteiger partial charge in [0, 0.05) is 25.3 Å². The highest BCUT2D eigenvalue weighted by Gasteiger charge is 2.19. The van der Waals surface area contributed by atoms with Crippen LogP contribution in [-0.4, -0.2) is 37.7 Å². The van der Waals surface area contributed by atoms with Crippen molar-refractivity contribution >= 4 is 12.0 Å². The van der Waals surface area contributed by atoms with Crippen molar-refractivity contribution in [2.75, 3.05) is 19.7 Å². The number of rotatable bonds is 7. The van der Waals surface area contributed by atoms with Gasteiger partial charge in [0.2, 0.25) is 0 Å². The number of hydrogen-bond acceptors (Lipinski definition) is 5. The highest BCUT2D eigenvalue weighted by Crippen LogP contribution is 2.17. The summed E-state index contributed by atoms with van der Waals surface area (Å²) in [6.07, 6.45) is 5.07. The molecule has 0 aromatic heterocycles. The Kier molecular flexibility index (Phi) is 7.72. The number of nitriles is 1. The fourth-order valence-corrected chi connectivity index (χ4v) is 2.07. The molecule has 0 aromatic rings. The summed E-state index contributed by atoms with van der Waals surface area (Å²) >= 11 is 0. The standard InChI is InChI=1S/C14H22N4O3/c1-2-21-14(20)17-8-7-16-10-11(9-15)13(19)18-12-5-3-4-6-12/h10,12,16H,2-8H2,1H3,(H,17,20)(H,18,19)/b11-10-. The number of carbonyl (C=O) groups is 2. The Labute approximate surface area is 124 Å². The third-order valence-corrected chi connectivity index (χ3v) is 3.12.